The van der Waals surface area contributed by atoms with Gasteiger partial charge in [-0.15, -0.1) is 11.3 Å². The molecule has 0 bridgehead atoms. The molecule has 2 N–H and O–H groups in total. The zero-order chi connectivity index (χ0) is 15.5. The van der Waals surface area contributed by atoms with Gasteiger partial charge >= 0.3 is 0 Å². The van der Waals surface area contributed by atoms with E-state index in [-0.39, 0.29) is 0 Å². The van der Waals surface area contributed by atoms with Crippen molar-refractivity contribution in [1.82, 2.24) is 10.0 Å². The normalized spacial score (nSPS) is 13.7. The Morgan fingerprint density at radius 2 is 2.10 bits per heavy atom. The number of hydrogen-bond acceptors (Lipinski definition) is 5. The fourth-order valence-corrected chi connectivity index (χ4v) is 4.23. The van der Waals surface area contributed by atoms with Crippen molar-refractivity contribution in [3.63, 3.8) is 0 Å². The maximum absolute atomic E-state index is 12.3. The summed E-state index contributed by atoms with van der Waals surface area (Å²) in [6.07, 6.45) is 1.53. The van der Waals surface area contributed by atoms with E-state index in [1.54, 1.807) is 25.1 Å². The van der Waals surface area contributed by atoms with Crippen molar-refractivity contribution >= 4 is 21.4 Å². The zero-order valence-electron chi connectivity index (χ0n) is 12.3. The van der Waals surface area contributed by atoms with E-state index in [0.717, 1.165) is 5.56 Å². The third kappa shape index (κ3) is 4.41. The molecule has 0 aliphatic carbocycles. The largest absolute Gasteiger partial charge is 0.468 e. The molecule has 7 heteroatoms. The van der Waals surface area contributed by atoms with Gasteiger partial charge in [0.05, 0.1) is 12.3 Å². The number of thiophene rings is 1. The van der Waals surface area contributed by atoms with Gasteiger partial charge in [0, 0.05) is 12.6 Å². The third-order valence-corrected chi connectivity index (χ3v) is 5.94. The molecule has 0 fully saturated rings. The highest BCUT2D eigenvalue weighted by Gasteiger charge is 2.21. The van der Waals surface area contributed by atoms with E-state index < -0.39 is 16.1 Å². The minimum absolute atomic E-state index is 0.321. The summed E-state index contributed by atoms with van der Waals surface area (Å²) in [6.45, 7) is 6.52. The van der Waals surface area contributed by atoms with E-state index in [4.69, 9.17) is 4.42 Å². The Labute approximate surface area is 129 Å². The van der Waals surface area contributed by atoms with Crippen LogP contribution in [0.15, 0.2) is 38.5 Å². The number of nitrogens with one attached hydrogen (secondary N) is 2. The van der Waals surface area contributed by atoms with E-state index in [0.29, 0.717) is 22.6 Å². The van der Waals surface area contributed by atoms with Gasteiger partial charge in [-0.05, 0) is 36.1 Å². The molecule has 0 aliphatic heterocycles. The van der Waals surface area contributed by atoms with Crippen LogP contribution in [0.3, 0.4) is 0 Å². The van der Waals surface area contributed by atoms with Crippen molar-refractivity contribution in [3.8, 4) is 0 Å². The van der Waals surface area contributed by atoms with Crippen molar-refractivity contribution in [2.24, 2.45) is 0 Å². The molecule has 21 heavy (non-hydrogen) atoms. The van der Waals surface area contributed by atoms with Crippen molar-refractivity contribution in [2.75, 3.05) is 0 Å². The summed E-state index contributed by atoms with van der Waals surface area (Å²) in [5.74, 6) is 0.594. The van der Waals surface area contributed by atoms with Crippen LogP contribution in [0.5, 0.6) is 0 Å². The van der Waals surface area contributed by atoms with Crippen LogP contribution in [0.25, 0.3) is 0 Å². The summed E-state index contributed by atoms with van der Waals surface area (Å²) in [7, 11) is -3.52. The average molecular weight is 328 g/mol. The first kappa shape index (κ1) is 16.2. The van der Waals surface area contributed by atoms with Crippen molar-refractivity contribution in [1.29, 1.82) is 0 Å². The number of hydrogen-bond donors (Lipinski definition) is 2. The van der Waals surface area contributed by atoms with E-state index in [1.807, 2.05) is 5.38 Å². The molecule has 2 rings (SSSR count). The molecule has 2 heterocycles. The van der Waals surface area contributed by atoms with Gasteiger partial charge in [0.2, 0.25) is 0 Å². The maximum Gasteiger partial charge on any atom is 0.250 e. The van der Waals surface area contributed by atoms with Gasteiger partial charge < -0.3 is 9.73 Å². The summed E-state index contributed by atoms with van der Waals surface area (Å²) in [6, 6.07) is 5.16. The Morgan fingerprint density at radius 1 is 1.33 bits per heavy atom. The molecule has 1 atom stereocenters. The predicted molar refractivity (Wildman–Crippen MR) is 83.7 cm³/mol. The SMILES string of the molecule is CC(C)NCc1csc(S(=O)(=O)NC(C)c2ccco2)c1. The first-order chi connectivity index (χ1) is 9.88. The summed E-state index contributed by atoms with van der Waals surface area (Å²) in [5, 5.41) is 5.13. The van der Waals surface area contributed by atoms with E-state index in [9.17, 15) is 8.42 Å². The lowest BCUT2D eigenvalue weighted by molar-refractivity contribution is 0.459. The van der Waals surface area contributed by atoms with E-state index in [1.165, 1.54) is 17.6 Å². The number of sulfonamides is 1. The molecule has 0 spiro atoms. The van der Waals surface area contributed by atoms with Crippen molar-refractivity contribution in [2.45, 2.75) is 43.6 Å². The van der Waals surface area contributed by atoms with E-state index >= 15 is 0 Å². The fraction of sp³-hybridized carbons (Fsp3) is 0.429. The number of furan rings is 1. The molecule has 0 saturated carbocycles. The molecule has 116 valence electrons. The van der Waals surface area contributed by atoms with Gasteiger partial charge in [0.25, 0.3) is 10.0 Å². The smallest absolute Gasteiger partial charge is 0.250 e. The Hall–Kier alpha value is -1.15. The lowest BCUT2D eigenvalue weighted by atomic mass is 10.3. The maximum atomic E-state index is 12.3. The Kier molecular flexibility index (Phi) is 5.21. The molecular formula is C14H20N2O3S2. The second-order valence-corrected chi connectivity index (χ2v) is 8.02. The second kappa shape index (κ2) is 6.74. The summed E-state index contributed by atoms with van der Waals surface area (Å²) < 4.78 is 32.8. The molecular weight excluding hydrogens is 308 g/mol. The quantitative estimate of drug-likeness (QED) is 0.820. The monoisotopic (exact) mass is 328 g/mol. The zero-order valence-corrected chi connectivity index (χ0v) is 13.9. The highest BCUT2D eigenvalue weighted by Crippen LogP contribution is 2.23. The molecule has 2 aromatic rings. The molecule has 1 unspecified atom stereocenters. The standard InChI is InChI=1S/C14H20N2O3S2/c1-10(2)15-8-12-7-14(20-9-12)21(17,18)16-11(3)13-5-4-6-19-13/h4-7,9-11,15-16H,8H2,1-3H3. The molecule has 2 aromatic heterocycles. The second-order valence-electron chi connectivity index (χ2n) is 5.17. The van der Waals surface area contributed by atoms with Crippen LogP contribution in [-0.4, -0.2) is 14.5 Å². The van der Waals surface area contributed by atoms with Crippen LogP contribution in [0.4, 0.5) is 0 Å². The predicted octanol–water partition coefficient (Wildman–Crippen LogP) is 2.88. The Balaban J connectivity index is 2.05. The van der Waals surface area contributed by atoms with Crippen LogP contribution in [0, 0.1) is 0 Å². The molecule has 5 nitrogen and oxygen atoms in total. The molecule has 0 aromatic carbocycles. The molecule has 0 amide bonds. The Morgan fingerprint density at radius 3 is 2.71 bits per heavy atom. The molecule has 0 radical (unpaired) electrons. The van der Waals surface area contributed by atoms with Crippen molar-refractivity contribution < 1.29 is 12.8 Å². The first-order valence-electron chi connectivity index (χ1n) is 6.75. The van der Waals surface area contributed by atoms with Gasteiger partial charge in [0.1, 0.15) is 9.97 Å². The molecule has 0 aliphatic rings. The van der Waals surface area contributed by atoms with Gasteiger partial charge in [-0.1, -0.05) is 13.8 Å². The lowest BCUT2D eigenvalue weighted by Crippen LogP contribution is -2.26. The highest BCUT2D eigenvalue weighted by molar-refractivity contribution is 7.91. The van der Waals surface area contributed by atoms with Gasteiger partial charge in [-0.2, -0.15) is 0 Å². The Bertz CT molecular complexity index is 660. The highest BCUT2D eigenvalue weighted by atomic mass is 32.2. The van der Waals surface area contributed by atoms with Crippen LogP contribution < -0.4 is 10.0 Å². The van der Waals surface area contributed by atoms with Crippen LogP contribution in [-0.2, 0) is 16.6 Å². The molecule has 0 saturated heterocycles. The lowest BCUT2D eigenvalue weighted by Gasteiger charge is -2.10. The van der Waals surface area contributed by atoms with E-state index in [2.05, 4.69) is 23.9 Å². The average Bonchev–Trinajstić information content (AvgIpc) is 3.07. The topological polar surface area (TPSA) is 71.3 Å². The van der Waals surface area contributed by atoms with Crippen LogP contribution in [0.1, 0.15) is 38.1 Å². The number of rotatable bonds is 7. The van der Waals surface area contributed by atoms with Gasteiger partial charge in [-0.25, -0.2) is 13.1 Å². The summed E-state index contributed by atoms with van der Waals surface area (Å²) in [5.41, 5.74) is 0.972. The third-order valence-electron chi connectivity index (χ3n) is 2.91. The first-order valence-corrected chi connectivity index (χ1v) is 9.11. The summed E-state index contributed by atoms with van der Waals surface area (Å²) in [4.78, 5) is 0. The minimum atomic E-state index is -3.52. The van der Waals surface area contributed by atoms with Crippen molar-refractivity contribution in [3.05, 3.63) is 41.2 Å². The minimum Gasteiger partial charge on any atom is -0.468 e. The van der Waals surface area contributed by atoms with Crippen LogP contribution >= 0.6 is 11.3 Å². The van der Waals surface area contributed by atoms with Gasteiger partial charge in [-0.3, -0.25) is 0 Å². The van der Waals surface area contributed by atoms with Crippen LogP contribution in [0.2, 0.25) is 0 Å². The van der Waals surface area contributed by atoms with Gasteiger partial charge in [0.15, 0.2) is 0 Å². The fourth-order valence-electron chi connectivity index (χ4n) is 1.80. The summed E-state index contributed by atoms with van der Waals surface area (Å²) >= 11 is 1.23.